The summed E-state index contributed by atoms with van der Waals surface area (Å²) in [6.07, 6.45) is 15.0. The number of fused-ring (bicyclic) bond motifs is 3. The lowest BCUT2D eigenvalue weighted by atomic mass is 9.79. The Balaban J connectivity index is 2.00. The molecule has 1 fully saturated rings. The number of benzene rings is 1. The van der Waals surface area contributed by atoms with Gasteiger partial charge in [0.15, 0.2) is 0 Å². The van der Waals surface area contributed by atoms with Crippen molar-refractivity contribution in [3.8, 4) is 0 Å². The van der Waals surface area contributed by atoms with Gasteiger partial charge >= 0.3 is 0 Å². The first-order valence-corrected chi connectivity index (χ1v) is 6.83. The van der Waals surface area contributed by atoms with Crippen molar-refractivity contribution in [1.82, 2.24) is 0 Å². The minimum atomic E-state index is 0.646. The maximum atomic E-state index is 2.32. The van der Waals surface area contributed by atoms with Crippen molar-refractivity contribution >= 4 is 5.57 Å². The third-order valence-electron chi connectivity index (χ3n) is 4.33. The monoisotopic (exact) mass is 232 g/mol. The minimum absolute atomic E-state index is 0.646. The molecule has 0 spiro atoms. The molecule has 3 aliphatic carbocycles. The molecule has 0 heterocycles. The predicted molar refractivity (Wildman–Crippen MR) is 76.3 cm³/mol. The van der Waals surface area contributed by atoms with Gasteiger partial charge in [-0.05, 0) is 47.1 Å². The van der Waals surface area contributed by atoms with Crippen LogP contribution in [0.1, 0.15) is 36.3 Å². The molecule has 1 atom stereocenters. The van der Waals surface area contributed by atoms with Crippen molar-refractivity contribution in [2.75, 3.05) is 0 Å². The van der Waals surface area contributed by atoms with Crippen molar-refractivity contribution in [1.29, 1.82) is 0 Å². The summed E-state index contributed by atoms with van der Waals surface area (Å²) in [5, 5.41) is 0. The van der Waals surface area contributed by atoms with Crippen LogP contribution in [0.5, 0.6) is 0 Å². The molecule has 1 saturated carbocycles. The molecular formula is C18H16. The molecule has 1 aromatic rings. The van der Waals surface area contributed by atoms with E-state index in [0.717, 1.165) is 0 Å². The van der Waals surface area contributed by atoms with Gasteiger partial charge < -0.3 is 0 Å². The maximum Gasteiger partial charge on any atom is 0.0104 e. The Morgan fingerprint density at radius 3 is 2.94 bits per heavy atom. The van der Waals surface area contributed by atoms with Crippen LogP contribution >= 0.6 is 0 Å². The molecule has 4 rings (SSSR count). The van der Waals surface area contributed by atoms with E-state index in [2.05, 4.69) is 54.6 Å². The van der Waals surface area contributed by atoms with Crippen molar-refractivity contribution < 1.29 is 0 Å². The van der Waals surface area contributed by atoms with E-state index < -0.39 is 0 Å². The molecule has 0 nitrogen and oxygen atoms in total. The number of hydrogen-bond donors (Lipinski definition) is 0. The highest BCUT2D eigenvalue weighted by Crippen LogP contribution is 2.51. The van der Waals surface area contributed by atoms with E-state index in [1.165, 1.54) is 30.4 Å². The molecule has 0 N–H and O–H groups in total. The van der Waals surface area contributed by atoms with Crippen LogP contribution < -0.4 is 0 Å². The van der Waals surface area contributed by atoms with Crippen LogP contribution in [0.4, 0.5) is 0 Å². The molecule has 88 valence electrons. The lowest BCUT2D eigenvalue weighted by Crippen LogP contribution is -2.08. The standard InChI is InChI=1S/C18H16/c1-2-7-13-8-6-12-17-15-10-5-4-9-14(15)16(11-3-1)18(13)17/h1-5,7,9-11,17H,6,8,12H2/b2-1-,3-1?,7-2?,11-3-,13-7-,16-11?. The number of rotatable bonds is 0. The predicted octanol–water partition coefficient (Wildman–Crippen LogP) is 4.77. The van der Waals surface area contributed by atoms with Crippen molar-refractivity contribution in [2.24, 2.45) is 0 Å². The highest BCUT2D eigenvalue weighted by Gasteiger charge is 2.33. The largest absolute Gasteiger partial charge is 0.0622 e. The van der Waals surface area contributed by atoms with E-state index >= 15 is 0 Å². The fourth-order valence-corrected chi connectivity index (χ4v) is 3.60. The zero-order valence-corrected chi connectivity index (χ0v) is 10.4. The van der Waals surface area contributed by atoms with E-state index in [4.69, 9.17) is 0 Å². The molecule has 0 aromatic heterocycles. The SMILES string of the molecule is C1=C\C=C2\CCCC3C2=C(\C=C/1)c1ccccc13. The first-order valence-electron chi connectivity index (χ1n) is 6.83. The Morgan fingerprint density at radius 1 is 1.00 bits per heavy atom. The van der Waals surface area contributed by atoms with E-state index in [9.17, 15) is 0 Å². The van der Waals surface area contributed by atoms with E-state index in [0.29, 0.717) is 5.92 Å². The normalized spacial score (nSPS) is 30.7. The van der Waals surface area contributed by atoms with Crippen LogP contribution in [0.15, 0.2) is 65.8 Å². The van der Waals surface area contributed by atoms with Crippen LogP contribution in [-0.4, -0.2) is 0 Å². The molecule has 1 aromatic carbocycles. The van der Waals surface area contributed by atoms with Crippen molar-refractivity contribution in [2.45, 2.75) is 25.2 Å². The fourth-order valence-electron chi connectivity index (χ4n) is 3.60. The van der Waals surface area contributed by atoms with Gasteiger partial charge in [0.05, 0.1) is 0 Å². The van der Waals surface area contributed by atoms with Gasteiger partial charge in [-0.3, -0.25) is 0 Å². The second kappa shape index (κ2) is 3.84. The third kappa shape index (κ3) is 1.32. The van der Waals surface area contributed by atoms with Crippen LogP contribution in [0.2, 0.25) is 0 Å². The summed E-state index contributed by atoms with van der Waals surface area (Å²) in [4.78, 5) is 0. The molecule has 0 saturated heterocycles. The Morgan fingerprint density at radius 2 is 1.94 bits per heavy atom. The lowest BCUT2D eigenvalue weighted by Gasteiger charge is -2.25. The quantitative estimate of drug-likeness (QED) is 0.604. The smallest absolute Gasteiger partial charge is 0.0104 e. The maximum absolute atomic E-state index is 2.32. The lowest BCUT2D eigenvalue weighted by molar-refractivity contribution is 0.616. The van der Waals surface area contributed by atoms with Gasteiger partial charge in [-0.1, -0.05) is 54.6 Å². The molecule has 3 aliphatic rings. The second-order valence-electron chi connectivity index (χ2n) is 5.30. The van der Waals surface area contributed by atoms with Gasteiger partial charge in [0, 0.05) is 5.92 Å². The summed E-state index contributed by atoms with van der Waals surface area (Å²) in [5.41, 5.74) is 7.61. The first-order chi connectivity index (χ1) is 8.95. The van der Waals surface area contributed by atoms with E-state index in [1.807, 2.05) is 0 Å². The molecule has 1 unspecified atom stereocenters. The first kappa shape index (κ1) is 10.1. The number of hydrogen-bond acceptors (Lipinski definition) is 0. The summed E-state index contributed by atoms with van der Waals surface area (Å²) in [6, 6.07) is 8.94. The Hall–Kier alpha value is -1.82. The average Bonchev–Trinajstić information content (AvgIpc) is 2.70. The zero-order valence-electron chi connectivity index (χ0n) is 10.4. The Bertz CT molecular complexity index is 623. The molecule has 0 heteroatoms. The zero-order chi connectivity index (χ0) is 11.9. The summed E-state index contributed by atoms with van der Waals surface area (Å²) >= 11 is 0. The van der Waals surface area contributed by atoms with Gasteiger partial charge in [0.2, 0.25) is 0 Å². The minimum Gasteiger partial charge on any atom is -0.0622 e. The topological polar surface area (TPSA) is 0 Å². The van der Waals surface area contributed by atoms with Gasteiger partial charge in [-0.15, -0.1) is 0 Å². The molecule has 0 amide bonds. The van der Waals surface area contributed by atoms with E-state index in [1.54, 1.807) is 16.7 Å². The highest BCUT2D eigenvalue weighted by molar-refractivity contribution is 5.88. The Labute approximate surface area is 108 Å². The molecular weight excluding hydrogens is 216 g/mol. The van der Waals surface area contributed by atoms with Gasteiger partial charge in [-0.25, -0.2) is 0 Å². The molecule has 0 aliphatic heterocycles. The average molecular weight is 232 g/mol. The second-order valence-corrected chi connectivity index (χ2v) is 5.30. The summed E-state index contributed by atoms with van der Waals surface area (Å²) in [7, 11) is 0. The Kier molecular flexibility index (Phi) is 2.16. The van der Waals surface area contributed by atoms with Gasteiger partial charge in [0.25, 0.3) is 0 Å². The molecule has 0 bridgehead atoms. The molecule has 18 heavy (non-hydrogen) atoms. The van der Waals surface area contributed by atoms with Crippen LogP contribution in [-0.2, 0) is 0 Å². The fraction of sp³-hybridized carbons (Fsp3) is 0.222. The third-order valence-corrected chi connectivity index (χ3v) is 4.33. The molecule has 0 radical (unpaired) electrons. The highest BCUT2D eigenvalue weighted by atomic mass is 14.4. The number of allylic oxidation sites excluding steroid dienone is 8. The summed E-state index contributed by atoms with van der Waals surface area (Å²) in [5.74, 6) is 0.646. The van der Waals surface area contributed by atoms with Crippen LogP contribution in [0.3, 0.4) is 0 Å². The van der Waals surface area contributed by atoms with Gasteiger partial charge in [-0.2, -0.15) is 0 Å². The van der Waals surface area contributed by atoms with Crippen molar-refractivity contribution in [3.05, 3.63) is 76.9 Å². The summed E-state index contributed by atoms with van der Waals surface area (Å²) in [6.45, 7) is 0. The van der Waals surface area contributed by atoms with Crippen LogP contribution in [0, 0.1) is 0 Å². The van der Waals surface area contributed by atoms with Gasteiger partial charge in [0.1, 0.15) is 0 Å². The summed E-state index contributed by atoms with van der Waals surface area (Å²) < 4.78 is 0. The van der Waals surface area contributed by atoms with Crippen molar-refractivity contribution in [3.63, 3.8) is 0 Å². The van der Waals surface area contributed by atoms with E-state index in [-0.39, 0.29) is 0 Å². The van der Waals surface area contributed by atoms with Crippen LogP contribution in [0.25, 0.3) is 5.57 Å².